The third-order valence-electron chi connectivity index (χ3n) is 6.05. The molecule has 2 saturated heterocycles. The molecule has 0 saturated carbocycles. The van der Waals surface area contributed by atoms with Gasteiger partial charge < -0.3 is 5.32 Å². The molecule has 2 aliphatic rings. The number of amides is 1. The molecule has 2 heterocycles. The Labute approximate surface area is 170 Å². The smallest absolute Gasteiger partial charge is 0.237 e. The lowest BCUT2D eigenvalue weighted by Crippen LogP contribution is -2.49. The first-order chi connectivity index (χ1) is 13.5. The average Bonchev–Trinajstić information content (AvgIpc) is 2.67. The van der Waals surface area contributed by atoms with Crippen LogP contribution in [0.3, 0.4) is 0 Å². The van der Waals surface area contributed by atoms with Gasteiger partial charge in [0.05, 0.1) is 12.6 Å². The Bertz CT molecular complexity index is 668. The molecule has 4 nitrogen and oxygen atoms in total. The summed E-state index contributed by atoms with van der Waals surface area (Å²) in [6.45, 7) is 10.2. The molecule has 28 heavy (non-hydrogen) atoms. The maximum Gasteiger partial charge on any atom is 0.237 e. The van der Waals surface area contributed by atoms with Gasteiger partial charge in [0.1, 0.15) is 0 Å². The van der Waals surface area contributed by atoms with Crippen molar-refractivity contribution < 1.29 is 4.79 Å². The normalized spacial score (nSPS) is 26.5. The van der Waals surface area contributed by atoms with Gasteiger partial charge >= 0.3 is 0 Å². The van der Waals surface area contributed by atoms with Gasteiger partial charge in [0.25, 0.3) is 0 Å². The van der Waals surface area contributed by atoms with Crippen molar-refractivity contribution in [1.82, 2.24) is 15.1 Å². The lowest BCUT2D eigenvalue weighted by atomic mass is 9.91. The number of carbonyl (C=O) groups is 1. The van der Waals surface area contributed by atoms with E-state index in [4.69, 9.17) is 6.42 Å². The lowest BCUT2D eigenvalue weighted by Gasteiger charge is -2.35. The maximum absolute atomic E-state index is 12.6. The zero-order chi connectivity index (χ0) is 19.9. The number of nitrogens with zero attached hydrogens (tertiary/aromatic N) is 2. The molecule has 3 rings (SSSR count). The summed E-state index contributed by atoms with van der Waals surface area (Å²) < 4.78 is 0. The van der Waals surface area contributed by atoms with Crippen molar-refractivity contribution in [1.29, 1.82) is 0 Å². The van der Waals surface area contributed by atoms with E-state index in [0.29, 0.717) is 13.1 Å². The minimum atomic E-state index is -0.0767. The van der Waals surface area contributed by atoms with Gasteiger partial charge in [-0.3, -0.25) is 14.6 Å². The predicted octanol–water partition coefficient (Wildman–Crippen LogP) is 3.27. The second kappa shape index (κ2) is 10.1. The highest BCUT2D eigenvalue weighted by molar-refractivity contribution is 5.81. The van der Waals surface area contributed by atoms with Gasteiger partial charge in [0.15, 0.2) is 0 Å². The standard InChI is InChI=1S/C24H35N3O/c1-4-12-27-13-6-5-7-23(27)24(28)25-15-21-8-10-22(11-9-21)18-26-16-19(2)14-20(3)17-26/h1,8-11,19-20,23H,5-7,12-18H2,2-3H3,(H,25,28). The Hall–Kier alpha value is -1.83. The Morgan fingerprint density at radius 1 is 1.14 bits per heavy atom. The zero-order valence-corrected chi connectivity index (χ0v) is 17.5. The molecule has 4 heteroatoms. The van der Waals surface area contributed by atoms with Gasteiger partial charge in [-0.25, -0.2) is 0 Å². The van der Waals surface area contributed by atoms with Crippen LogP contribution >= 0.6 is 0 Å². The van der Waals surface area contributed by atoms with Crippen molar-refractivity contribution >= 4 is 5.91 Å². The molecule has 1 aromatic rings. The molecule has 0 radical (unpaired) electrons. The first-order valence-corrected chi connectivity index (χ1v) is 10.8. The molecular weight excluding hydrogens is 346 g/mol. The second-order valence-corrected chi connectivity index (χ2v) is 8.86. The topological polar surface area (TPSA) is 35.6 Å². The number of hydrogen-bond donors (Lipinski definition) is 1. The van der Waals surface area contributed by atoms with E-state index in [1.54, 1.807) is 0 Å². The quantitative estimate of drug-likeness (QED) is 0.768. The Kier molecular flexibility index (Phi) is 7.53. The van der Waals surface area contributed by atoms with Gasteiger partial charge in [-0.15, -0.1) is 6.42 Å². The monoisotopic (exact) mass is 381 g/mol. The molecule has 2 fully saturated rings. The van der Waals surface area contributed by atoms with Crippen molar-refractivity contribution in [3.05, 3.63) is 35.4 Å². The SMILES string of the molecule is C#CCN1CCCCC1C(=O)NCc1ccc(CN2CC(C)CC(C)C2)cc1. The number of terminal acetylenes is 1. The Morgan fingerprint density at radius 2 is 1.82 bits per heavy atom. The third-order valence-corrected chi connectivity index (χ3v) is 6.05. The summed E-state index contributed by atoms with van der Waals surface area (Å²) in [4.78, 5) is 17.3. The summed E-state index contributed by atoms with van der Waals surface area (Å²) in [5.41, 5.74) is 2.50. The van der Waals surface area contributed by atoms with Crippen LogP contribution in [0.1, 0.15) is 50.7 Å². The van der Waals surface area contributed by atoms with E-state index in [-0.39, 0.29) is 11.9 Å². The molecule has 0 spiro atoms. The molecule has 2 aliphatic heterocycles. The van der Waals surface area contributed by atoms with Crippen LogP contribution in [0.15, 0.2) is 24.3 Å². The number of likely N-dealkylation sites (tertiary alicyclic amines) is 2. The van der Waals surface area contributed by atoms with Crippen LogP contribution in [0.4, 0.5) is 0 Å². The van der Waals surface area contributed by atoms with E-state index in [2.05, 4.69) is 59.1 Å². The van der Waals surface area contributed by atoms with Crippen LogP contribution in [0, 0.1) is 24.2 Å². The average molecular weight is 382 g/mol. The largest absolute Gasteiger partial charge is 0.351 e. The fourth-order valence-electron chi connectivity index (χ4n) is 4.84. The van der Waals surface area contributed by atoms with E-state index in [1.165, 1.54) is 25.1 Å². The highest BCUT2D eigenvalue weighted by Gasteiger charge is 2.27. The molecule has 0 aromatic heterocycles. The van der Waals surface area contributed by atoms with Crippen molar-refractivity contribution in [2.45, 2.75) is 58.7 Å². The van der Waals surface area contributed by atoms with E-state index >= 15 is 0 Å². The molecule has 0 aliphatic carbocycles. The van der Waals surface area contributed by atoms with Crippen LogP contribution in [-0.2, 0) is 17.9 Å². The van der Waals surface area contributed by atoms with Gasteiger partial charge in [-0.05, 0) is 48.8 Å². The third kappa shape index (κ3) is 5.83. The summed E-state index contributed by atoms with van der Waals surface area (Å²) >= 11 is 0. The van der Waals surface area contributed by atoms with Crippen molar-refractivity contribution in [2.24, 2.45) is 11.8 Å². The van der Waals surface area contributed by atoms with E-state index < -0.39 is 0 Å². The predicted molar refractivity (Wildman–Crippen MR) is 115 cm³/mol. The zero-order valence-electron chi connectivity index (χ0n) is 17.5. The number of piperidine rings is 2. The van der Waals surface area contributed by atoms with Gasteiger partial charge in [-0.2, -0.15) is 0 Å². The molecule has 3 atom stereocenters. The van der Waals surface area contributed by atoms with Crippen molar-refractivity contribution in [3.8, 4) is 12.3 Å². The molecule has 0 bridgehead atoms. The molecule has 1 aromatic carbocycles. The number of nitrogens with one attached hydrogen (secondary N) is 1. The first-order valence-electron chi connectivity index (χ1n) is 10.8. The Balaban J connectivity index is 1.49. The number of benzene rings is 1. The highest BCUT2D eigenvalue weighted by atomic mass is 16.2. The van der Waals surface area contributed by atoms with Crippen LogP contribution in [0.5, 0.6) is 0 Å². The molecule has 3 unspecified atom stereocenters. The first kappa shape index (κ1) is 20.9. The molecule has 1 amide bonds. The minimum Gasteiger partial charge on any atom is -0.351 e. The number of carbonyl (C=O) groups excluding carboxylic acids is 1. The van der Waals surface area contributed by atoms with Crippen LogP contribution < -0.4 is 5.32 Å². The fraction of sp³-hybridized carbons (Fsp3) is 0.625. The van der Waals surface area contributed by atoms with Gasteiger partial charge in [-0.1, -0.05) is 50.5 Å². The fourth-order valence-corrected chi connectivity index (χ4v) is 4.84. The summed E-state index contributed by atoms with van der Waals surface area (Å²) in [5.74, 6) is 4.36. The summed E-state index contributed by atoms with van der Waals surface area (Å²) in [6, 6.07) is 8.62. The number of rotatable bonds is 6. The summed E-state index contributed by atoms with van der Waals surface area (Å²) in [5, 5.41) is 3.11. The van der Waals surface area contributed by atoms with E-state index in [9.17, 15) is 4.79 Å². The lowest BCUT2D eigenvalue weighted by molar-refractivity contribution is -0.127. The molecular formula is C24H35N3O. The number of hydrogen-bond acceptors (Lipinski definition) is 3. The second-order valence-electron chi connectivity index (χ2n) is 8.86. The van der Waals surface area contributed by atoms with Gasteiger partial charge in [0, 0.05) is 26.2 Å². The minimum absolute atomic E-state index is 0.0767. The van der Waals surface area contributed by atoms with Crippen molar-refractivity contribution in [2.75, 3.05) is 26.2 Å². The molecule has 1 N–H and O–H groups in total. The van der Waals surface area contributed by atoms with Crippen molar-refractivity contribution in [3.63, 3.8) is 0 Å². The Morgan fingerprint density at radius 3 is 2.50 bits per heavy atom. The maximum atomic E-state index is 12.6. The summed E-state index contributed by atoms with van der Waals surface area (Å²) in [7, 11) is 0. The molecule has 152 valence electrons. The van der Waals surface area contributed by atoms with Crippen LogP contribution in [0.25, 0.3) is 0 Å². The van der Waals surface area contributed by atoms with Gasteiger partial charge in [0.2, 0.25) is 5.91 Å². The van der Waals surface area contributed by atoms with Crippen LogP contribution in [0.2, 0.25) is 0 Å². The van der Waals surface area contributed by atoms with Crippen LogP contribution in [-0.4, -0.2) is 47.9 Å². The summed E-state index contributed by atoms with van der Waals surface area (Å²) in [6.07, 6.45) is 9.93. The van der Waals surface area contributed by atoms with E-state index in [1.807, 2.05) is 0 Å². The highest BCUT2D eigenvalue weighted by Crippen LogP contribution is 2.22. The van der Waals surface area contributed by atoms with E-state index in [0.717, 1.165) is 49.8 Å².